The van der Waals surface area contributed by atoms with E-state index in [9.17, 15) is 14.7 Å². The Labute approximate surface area is 149 Å². The first kappa shape index (κ1) is 17.0. The van der Waals surface area contributed by atoms with Crippen molar-refractivity contribution in [3.63, 3.8) is 0 Å². The average Bonchev–Trinajstić information content (AvgIpc) is 2.89. The molecule has 0 aliphatic heterocycles. The first-order valence-corrected chi connectivity index (χ1v) is 8.05. The summed E-state index contributed by atoms with van der Waals surface area (Å²) in [4.78, 5) is 28.5. The van der Waals surface area contributed by atoms with Crippen LogP contribution in [0, 0.1) is 6.92 Å². The molecule has 6 nitrogen and oxygen atoms in total. The number of carbonyl (C=O) groups is 2. The summed E-state index contributed by atoms with van der Waals surface area (Å²) in [7, 11) is 0. The van der Waals surface area contributed by atoms with Crippen LogP contribution in [0.3, 0.4) is 0 Å². The van der Waals surface area contributed by atoms with Gasteiger partial charge in [-0.05, 0) is 18.6 Å². The van der Waals surface area contributed by atoms with Gasteiger partial charge < -0.3 is 10.4 Å². The fraction of sp³-hybridized carbons (Fsp3) is 0.167. The van der Waals surface area contributed by atoms with Crippen LogP contribution in [-0.2, 0) is 11.2 Å². The van der Waals surface area contributed by atoms with Gasteiger partial charge in [0.05, 0.1) is 5.69 Å². The van der Waals surface area contributed by atoms with Crippen LogP contribution in [0.25, 0.3) is 5.65 Å². The quantitative estimate of drug-likeness (QED) is 0.735. The lowest BCUT2D eigenvalue weighted by atomic mass is 10.1. The van der Waals surface area contributed by atoms with E-state index in [1.54, 1.807) is 29.7 Å². The van der Waals surface area contributed by atoms with E-state index in [0.29, 0.717) is 22.1 Å². The molecule has 128 valence electrons. The average molecular weight is 358 g/mol. The van der Waals surface area contributed by atoms with Crippen molar-refractivity contribution in [1.29, 1.82) is 0 Å². The van der Waals surface area contributed by atoms with Crippen molar-refractivity contribution < 1.29 is 14.7 Å². The first-order valence-electron chi connectivity index (χ1n) is 7.67. The predicted molar refractivity (Wildman–Crippen MR) is 94.0 cm³/mol. The highest BCUT2D eigenvalue weighted by atomic mass is 35.5. The summed E-state index contributed by atoms with van der Waals surface area (Å²) in [5.41, 5.74) is 2.16. The Hall–Kier alpha value is -2.86. The van der Waals surface area contributed by atoms with Gasteiger partial charge in [0.15, 0.2) is 0 Å². The van der Waals surface area contributed by atoms with E-state index in [0.717, 1.165) is 5.56 Å². The van der Waals surface area contributed by atoms with E-state index in [-0.39, 0.29) is 6.42 Å². The number of fused-ring (bicyclic) bond motifs is 1. The van der Waals surface area contributed by atoms with Crippen LogP contribution in [-0.4, -0.2) is 32.4 Å². The molecular weight excluding hydrogens is 342 g/mol. The van der Waals surface area contributed by atoms with Crippen molar-refractivity contribution in [3.05, 3.63) is 70.6 Å². The molecule has 3 rings (SSSR count). The van der Waals surface area contributed by atoms with Crippen molar-refractivity contribution in [2.75, 3.05) is 0 Å². The minimum Gasteiger partial charge on any atom is -0.480 e. The number of aromatic nitrogens is 2. The number of benzene rings is 1. The Bertz CT molecular complexity index is 937. The minimum atomic E-state index is -1.09. The molecule has 0 spiro atoms. The number of carboxylic acid groups (broad SMARTS) is 1. The largest absolute Gasteiger partial charge is 0.480 e. The van der Waals surface area contributed by atoms with Gasteiger partial charge >= 0.3 is 5.97 Å². The summed E-state index contributed by atoms with van der Waals surface area (Å²) in [5.74, 6) is -1.58. The fourth-order valence-electron chi connectivity index (χ4n) is 2.69. The zero-order valence-corrected chi connectivity index (χ0v) is 14.2. The zero-order valence-electron chi connectivity index (χ0n) is 13.4. The molecule has 1 unspecified atom stereocenters. The van der Waals surface area contributed by atoms with Gasteiger partial charge in [0.1, 0.15) is 17.4 Å². The van der Waals surface area contributed by atoms with Gasteiger partial charge in [0, 0.05) is 23.7 Å². The second-order valence-electron chi connectivity index (χ2n) is 5.67. The molecule has 0 aliphatic rings. The van der Waals surface area contributed by atoms with E-state index in [1.807, 2.05) is 30.3 Å². The number of nitrogens with one attached hydrogen (secondary N) is 1. The van der Waals surface area contributed by atoms with Gasteiger partial charge in [-0.15, -0.1) is 0 Å². The molecule has 25 heavy (non-hydrogen) atoms. The van der Waals surface area contributed by atoms with Crippen LogP contribution in [0.5, 0.6) is 0 Å². The lowest BCUT2D eigenvalue weighted by molar-refractivity contribution is -0.139. The van der Waals surface area contributed by atoms with Crippen LogP contribution in [0.2, 0.25) is 5.02 Å². The Morgan fingerprint density at radius 3 is 2.68 bits per heavy atom. The Kier molecular flexibility index (Phi) is 4.72. The number of hydrogen-bond donors (Lipinski definition) is 2. The lowest BCUT2D eigenvalue weighted by Crippen LogP contribution is -2.42. The highest BCUT2D eigenvalue weighted by molar-refractivity contribution is 6.30. The molecule has 0 bridgehead atoms. The normalized spacial score (nSPS) is 12.1. The van der Waals surface area contributed by atoms with E-state index in [2.05, 4.69) is 10.3 Å². The summed E-state index contributed by atoms with van der Waals surface area (Å²) < 4.78 is 1.60. The third kappa shape index (κ3) is 3.64. The number of pyridine rings is 1. The number of hydrogen-bond acceptors (Lipinski definition) is 3. The molecule has 0 saturated carbocycles. The summed E-state index contributed by atoms with van der Waals surface area (Å²) in [6.07, 6.45) is 1.84. The smallest absolute Gasteiger partial charge is 0.326 e. The highest BCUT2D eigenvalue weighted by Gasteiger charge is 2.24. The van der Waals surface area contributed by atoms with Crippen molar-refractivity contribution in [2.24, 2.45) is 0 Å². The summed E-state index contributed by atoms with van der Waals surface area (Å²) >= 11 is 5.94. The van der Waals surface area contributed by atoms with Crippen molar-refractivity contribution in [2.45, 2.75) is 19.4 Å². The second kappa shape index (κ2) is 6.94. The number of rotatable bonds is 5. The number of halogens is 1. The Morgan fingerprint density at radius 2 is 2.00 bits per heavy atom. The number of carbonyl (C=O) groups excluding carboxylic acids is 1. The van der Waals surface area contributed by atoms with Crippen molar-refractivity contribution in [1.82, 2.24) is 14.7 Å². The van der Waals surface area contributed by atoms with Crippen LogP contribution in [0.15, 0.2) is 48.7 Å². The van der Waals surface area contributed by atoms with Crippen LogP contribution in [0.1, 0.15) is 21.7 Å². The maximum Gasteiger partial charge on any atom is 0.326 e. The molecule has 0 aliphatic carbocycles. The van der Waals surface area contributed by atoms with Crippen LogP contribution < -0.4 is 5.32 Å². The van der Waals surface area contributed by atoms with E-state index in [1.165, 1.54) is 0 Å². The number of carboxylic acids is 1. The van der Waals surface area contributed by atoms with Crippen LogP contribution in [0.4, 0.5) is 0 Å². The number of amides is 1. The number of nitrogens with zero attached hydrogens (tertiary/aromatic N) is 2. The molecule has 1 aromatic carbocycles. The molecule has 0 radical (unpaired) electrons. The molecule has 2 N–H and O–H groups in total. The summed E-state index contributed by atoms with van der Waals surface area (Å²) in [5, 5.41) is 12.5. The lowest BCUT2D eigenvalue weighted by Gasteiger charge is -2.15. The summed E-state index contributed by atoms with van der Waals surface area (Å²) in [6, 6.07) is 11.4. The van der Waals surface area contributed by atoms with Gasteiger partial charge in [-0.25, -0.2) is 9.78 Å². The van der Waals surface area contributed by atoms with Crippen molar-refractivity contribution >= 4 is 29.1 Å². The second-order valence-corrected chi connectivity index (χ2v) is 6.11. The number of imidazole rings is 1. The predicted octanol–water partition coefficient (Wildman–Crippen LogP) is 2.72. The monoisotopic (exact) mass is 357 g/mol. The molecule has 0 fully saturated rings. The zero-order chi connectivity index (χ0) is 18.0. The highest BCUT2D eigenvalue weighted by Crippen LogP contribution is 2.17. The molecule has 2 aromatic heterocycles. The minimum absolute atomic E-state index is 0.198. The van der Waals surface area contributed by atoms with Gasteiger partial charge in [-0.1, -0.05) is 41.9 Å². The fourth-order valence-corrected chi connectivity index (χ4v) is 2.84. The maximum absolute atomic E-state index is 12.7. The van der Waals surface area contributed by atoms with Gasteiger partial charge in [-0.2, -0.15) is 0 Å². The number of aliphatic carboxylic acids is 1. The molecule has 0 saturated heterocycles. The standard InChI is InChI=1S/C18H16ClN3O3/c1-11-16(22-8-7-13(19)10-15(22)20-11)17(23)21-14(18(24)25)9-12-5-3-2-4-6-12/h2-8,10,14H,9H2,1H3,(H,21,23)(H,24,25). The van der Waals surface area contributed by atoms with Gasteiger partial charge in [0.2, 0.25) is 0 Å². The third-order valence-corrected chi connectivity index (χ3v) is 4.10. The molecule has 2 heterocycles. The number of aryl methyl sites for hydroxylation is 1. The molecule has 3 aromatic rings. The maximum atomic E-state index is 12.7. The summed E-state index contributed by atoms with van der Waals surface area (Å²) in [6.45, 7) is 1.70. The van der Waals surface area contributed by atoms with E-state index >= 15 is 0 Å². The molecule has 1 amide bonds. The van der Waals surface area contributed by atoms with Crippen LogP contribution >= 0.6 is 11.6 Å². The SMILES string of the molecule is Cc1nc2cc(Cl)ccn2c1C(=O)NC(Cc1ccccc1)C(=O)O. The van der Waals surface area contributed by atoms with E-state index in [4.69, 9.17) is 11.6 Å². The molecule has 1 atom stereocenters. The Morgan fingerprint density at radius 1 is 1.28 bits per heavy atom. The van der Waals surface area contributed by atoms with Gasteiger partial charge in [0.25, 0.3) is 5.91 Å². The van der Waals surface area contributed by atoms with Crippen molar-refractivity contribution in [3.8, 4) is 0 Å². The Balaban J connectivity index is 1.87. The van der Waals surface area contributed by atoms with E-state index < -0.39 is 17.9 Å². The third-order valence-electron chi connectivity index (χ3n) is 3.86. The first-order chi connectivity index (χ1) is 12.0. The topological polar surface area (TPSA) is 83.7 Å². The van der Waals surface area contributed by atoms with Gasteiger partial charge in [-0.3, -0.25) is 9.20 Å². The molecular formula is C18H16ClN3O3. The molecule has 7 heteroatoms.